The average Bonchev–Trinajstić information content (AvgIpc) is 2.91. The van der Waals surface area contributed by atoms with E-state index in [1.54, 1.807) is 0 Å². The second-order valence-electron chi connectivity index (χ2n) is 4.08. The van der Waals surface area contributed by atoms with Crippen LogP contribution in [-0.2, 0) is 29.1 Å². The van der Waals surface area contributed by atoms with Crippen molar-refractivity contribution in [2.45, 2.75) is 19.6 Å². The van der Waals surface area contributed by atoms with Gasteiger partial charge in [-0.1, -0.05) is 41.7 Å². The maximum atomic E-state index is 11.5. The van der Waals surface area contributed by atoms with Gasteiger partial charge in [-0.3, -0.25) is 4.79 Å². The number of hydrogen-bond acceptors (Lipinski definition) is 6. The molecule has 0 aliphatic heterocycles. The standard InChI is InChI=1S/C13H13N3O4S/c17-12(18)6-10-15-16-11(21-10)7-14-13(19)20-8-9-4-2-1-3-5-9/h1-5H,6-8H2,(H,14,19)(H,17,18). The summed E-state index contributed by atoms with van der Waals surface area (Å²) in [5.41, 5.74) is 0.896. The number of nitrogens with zero attached hydrogens (tertiary/aromatic N) is 2. The van der Waals surface area contributed by atoms with Crippen molar-refractivity contribution in [1.82, 2.24) is 15.5 Å². The maximum Gasteiger partial charge on any atom is 0.407 e. The van der Waals surface area contributed by atoms with Gasteiger partial charge < -0.3 is 15.2 Å². The van der Waals surface area contributed by atoms with Gasteiger partial charge in [0, 0.05) is 0 Å². The number of nitrogens with one attached hydrogen (secondary N) is 1. The molecule has 0 atom stereocenters. The topological polar surface area (TPSA) is 101 Å². The van der Waals surface area contributed by atoms with E-state index in [2.05, 4.69) is 15.5 Å². The van der Waals surface area contributed by atoms with Crippen LogP contribution in [0, 0.1) is 0 Å². The number of hydrogen-bond donors (Lipinski definition) is 2. The third-order valence-corrected chi connectivity index (χ3v) is 3.33. The third-order valence-electron chi connectivity index (χ3n) is 2.41. The van der Waals surface area contributed by atoms with Crippen LogP contribution in [0.4, 0.5) is 4.79 Å². The largest absolute Gasteiger partial charge is 0.481 e. The number of ether oxygens (including phenoxy) is 1. The van der Waals surface area contributed by atoms with Crippen LogP contribution in [0.5, 0.6) is 0 Å². The predicted molar refractivity (Wildman–Crippen MR) is 74.7 cm³/mol. The number of rotatable bonds is 6. The Bertz CT molecular complexity index is 615. The summed E-state index contributed by atoms with van der Waals surface area (Å²) in [6.07, 6.45) is -0.732. The van der Waals surface area contributed by atoms with Crippen molar-refractivity contribution in [1.29, 1.82) is 0 Å². The zero-order valence-electron chi connectivity index (χ0n) is 11.0. The van der Waals surface area contributed by atoms with E-state index >= 15 is 0 Å². The highest BCUT2D eigenvalue weighted by atomic mass is 32.1. The number of carboxylic acids is 1. The third kappa shape index (κ3) is 5.19. The number of carboxylic acid groups (broad SMARTS) is 1. The van der Waals surface area contributed by atoms with Gasteiger partial charge in [-0.15, -0.1) is 10.2 Å². The van der Waals surface area contributed by atoms with Crippen LogP contribution in [0.2, 0.25) is 0 Å². The molecular formula is C13H13N3O4S. The van der Waals surface area contributed by atoms with Gasteiger partial charge in [-0.25, -0.2) is 4.79 Å². The molecule has 1 amide bonds. The molecule has 2 rings (SSSR count). The molecule has 0 spiro atoms. The Hall–Kier alpha value is -2.48. The molecule has 7 nitrogen and oxygen atoms in total. The lowest BCUT2D eigenvalue weighted by Gasteiger charge is -2.05. The zero-order chi connectivity index (χ0) is 15.1. The number of carbonyl (C=O) groups is 2. The zero-order valence-corrected chi connectivity index (χ0v) is 11.8. The monoisotopic (exact) mass is 307 g/mol. The van der Waals surface area contributed by atoms with Gasteiger partial charge >= 0.3 is 12.1 Å². The highest BCUT2D eigenvalue weighted by Crippen LogP contribution is 2.10. The molecule has 0 fully saturated rings. The summed E-state index contributed by atoms with van der Waals surface area (Å²) in [6, 6.07) is 9.32. The second kappa shape index (κ2) is 7.34. The highest BCUT2D eigenvalue weighted by molar-refractivity contribution is 7.11. The fraction of sp³-hybridized carbons (Fsp3) is 0.231. The summed E-state index contributed by atoms with van der Waals surface area (Å²) in [5, 5.41) is 19.6. The molecule has 2 N–H and O–H groups in total. The first kappa shape index (κ1) is 14.9. The molecule has 0 aliphatic carbocycles. The predicted octanol–water partition coefficient (Wildman–Crippen LogP) is 1.59. The SMILES string of the molecule is O=C(O)Cc1nnc(CNC(=O)OCc2ccccc2)s1. The Morgan fingerprint density at radius 3 is 2.62 bits per heavy atom. The molecule has 1 aromatic heterocycles. The van der Waals surface area contributed by atoms with Gasteiger partial charge in [0.2, 0.25) is 0 Å². The van der Waals surface area contributed by atoms with Gasteiger partial charge in [0.05, 0.1) is 13.0 Å². The Labute approximate surface area is 124 Å². The average molecular weight is 307 g/mol. The van der Waals surface area contributed by atoms with Crippen molar-refractivity contribution in [2.24, 2.45) is 0 Å². The fourth-order valence-corrected chi connectivity index (χ4v) is 2.26. The van der Waals surface area contributed by atoms with E-state index in [-0.39, 0.29) is 19.6 Å². The van der Waals surface area contributed by atoms with Crippen LogP contribution in [0.3, 0.4) is 0 Å². The molecule has 21 heavy (non-hydrogen) atoms. The first-order chi connectivity index (χ1) is 10.1. The van der Waals surface area contributed by atoms with Gasteiger partial charge in [0.15, 0.2) is 0 Å². The molecule has 0 unspecified atom stereocenters. The van der Waals surface area contributed by atoms with Gasteiger partial charge in [0.25, 0.3) is 0 Å². The highest BCUT2D eigenvalue weighted by Gasteiger charge is 2.09. The normalized spacial score (nSPS) is 10.1. The molecule has 2 aromatic rings. The summed E-state index contributed by atoms with van der Waals surface area (Å²) in [7, 11) is 0. The fourth-order valence-electron chi connectivity index (χ4n) is 1.48. The van der Waals surface area contributed by atoms with Crippen LogP contribution < -0.4 is 5.32 Å². The molecule has 110 valence electrons. The number of carbonyl (C=O) groups excluding carboxylic acids is 1. The van der Waals surface area contributed by atoms with Crippen LogP contribution in [0.15, 0.2) is 30.3 Å². The number of aliphatic carboxylic acids is 1. The Kier molecular flexibility index (Phi) is 5.22. The minimum absolute atomic E-state index is 0.158. The number of benzene rings is 1. The lowest BCUT2D eigenvalue weighted by molar-refractivity contribution is -0.136. The molecule has 1 aromatic carbocycles. The first-order valence-electron chi connectivity index (χ1n) is 6.11. The molecular weight excluding hydrogens is 294 g/mol. The Morgan fingerprint density at radius 2 is 1.90 bits per heavy atom. The van der Waals surface area contributed by atoms with Crippen LogP contribution in [-0.4, -0.2) is 27.4 Å². The molecule has 8 heteroatoms. The van der Waals surface area contributed by atoms with Crippen molar-refractivity contribution >= 4 is 23.4 Å². The van der Waals surface area contributed by atoms with Gasteiger partial charge in [-0.2, -0.15) is 0 Å². The summed E-state index contributed by atoms with van der Waals surface area (Å²) in [4.78, 5) is 22.0. The van der Waals surface area contributed by atoms with Crippen molar-refractivity contribution in [2.75, 3.05) is 0 Å². The summed E-state index contributed by atoms with van der Waals surface area (Å²) < 4.78 is 5.03. The lowest BCUT2D eigenvalue weighted by atomic mass is 10.2. The Morgan fingerprint density at radius 1 is 1.19 bits per heavy atom. The molecule has 0 bridgehead atoms. The summed E-state index contributed by atoms with van der Waals surface area (Å²) in [6.45, 7) is 0.345. The first-order valence-corrected chi connectivity index (χ1v) is 6.93. The smallest absolute Gasteiger partial charge is 0.407 e. The minimum atomic E-state index is -0.965. The summed E-state index contributed by atoms with van der Waals surface area (Å²) >= 11 is 1.14. The van der Waals surface area contributed by atoms with E-state index in [1.807, 2.05) is 30.3 Å². The Balaban J connectivity index is 1.73. The number of amides is 1. The van der Waals surface area contributed by atoms with E-state index in [0.717, 1.165) is 16.9 Å². The lowest BCUT2D eigenvalue weighted by Crippen LogP contribution is -2.23. The van der Waals surface area contributed by atoms with Crippen LogP contribution in [0.1, 0.15) is 15.6 Å². The second-order valence-corrected chi connectivity index (χ2v) is 5.22. The van der Waals surface area contributed by atoms with Crippen molar-refractivity contribution < 1.29 is 19.4 Å². The van der Waals surface area contributed by atoms with Crippen molar-refractivity contribution in [3.63, 3.8) is 0 Å². The molecule has 0 radical (unpaired) electrons. The van der Waals surface area contributed by atoms with E-state index in [4.69, 9.17) is 9.84 Å². The van der Waals surface area contributed by atoms with E-state index < -0.39 is 12.1 Å². The van der Waals surface area contributed by atoms with E-state index in [9.17, 15) is 9.59 Å². The quantitative estimate of drug-likeness (QED) is 0.840. The molecule has 0 saturated carbocycles. The molecule has 0 aliphatic rings. The van der Waals surface area contributed by atoms with Crippen LogP contribution >= 0.6 is 11.3 Å². The van der Waals surface area contributed by atoms with Crippen molar-refractivity contribution in [3.05, 3.63) is 45.9 Å². The molecule has 1 heterocycles. The number of alkyl carbamates (subject to hydrolysis) is 1. The minimum Gasteiger partial charge on any atom is -0.481 e. The van der Waals surface area contributed by atoms with E-state index in [1.165, 1.54) is 0 Å². The summed E-state index contributed by atoms with van der Waals surface area (Å²) in [5.74, 6) is -0.965. The van der Waals surface area contributed by atoms with Gasteiger partial charge in [0.1, 0.15) is 16.6 Å². The van der Waals surface area contributed by atoms with Gasteiger partial charge in [-0.05, 0) is 5.56 Å². The van der Waals surface area contributed by atoms with Crippen molar-refractivity contribution in [3.8, 4) is 0 Å². The number of aromatic nitrogens is 2. The van der Waals surface area contributed by atoms with Crippen LogP contribution in [0.25, 0.3) is 0 Å². The maximum absolute atomic E-state index is 11.5. The molecule has 0 saturated heterocycles. The van der Waals surface area contributed by atoms with E-state index in [0.29, 0.717) is 10.0 Å².